The first-order valence-electron chi connectivity index (χ1n) is 11.0. The topological polar surface area (TPSA) is 31.0 Å². The molecule has 1 saturated heterocycles. The van der Waals surface area contributed by atoms with Crippen molar-refractivity contribution < 1.29 is 14.2 Å². The molecule has 2 atom stereocenters. The molecule has 3 aliphatic rings. The minimum Gasteiger partial charge on any atom is -0.493 e. The van der Waals surface area contributed by atoms with Crippen molar-refractivity contribution in [1.82, 2.24) is 0 Å². The summed E-state index contributed by atoms with van der Waals surface area (Å²) in [6.45, 7) is 4.54. The Morgan fingerprint density at radius 2 is 1.79 bits per heavy atom. The van der Waals surface area contributed by atoms with Gasteiger partial charge < -0.3 is 14.2 Å². The predicted molar refractivity (Wildman–Crippen MR) is 116 cm³/mol. The summed E-state index contributed by atoms with van der Waals surface area (Å²) in [5.41, 5.74) is 5.49. The molecule has 1 saturated carbocycles. The number of rotatable bonds is 8. The molecule has 0 spiro atoms. The largest absolute Gasteiger partial charge is 0.493 e. The minimum atomic E-state index is 0.305. The molecule has 2 aliphatic carbocycles. The maximum absolute atomic E-state index is 5.98. The summed E-state index contributed by atoms with van der Waals surface area (Å²) in [7, 11) is 0. The first kappa shape index (κ1) is 18.7. The third-order valence-corrected chi connectivity index (χ3v) is 6.32. The first-order chi connectivity index (χ1) is 14.2. The van der Waals surface area contributed by atoms with Crippen molar-refractivity contribution in [2.75, 3.05) is 19.8 Å². The number of aryl methyl sites for hydroxylation is 1. The molecule has 29 heavy (non-hydrogen) atoms. The zero-order chi connectivity index (χ0) is 19.6. The van der Waals surface area contributed by atoms with Gasteiger partial charge in [-0.2, -0.15) is 0 Å². The molecule has 0 radical (unpaired) electrons. The molecule has 2 unspecified atom stereocenters. The molecule has 152 valence electrons. The first-order valence-corrected chi connectivity index (χ1v) is 11.0. The Hall–Kier alpha value is -2.26. The number of ether oxygens (including phenoxy) is 3. The highest BCUT2D eigenvalue weighted by atomic mass is 16.6. The van der Waals surface area contributed by atoms with Crippen molar-refractivity contribution in [2.24, 2.45) is 5.92 Å². The van der Waals surface area contributed by atoms with Gasteiger partial charge in [0.15, 0.2) is 0 Å². The third kappa shape index (κ3) is 4.84. The number of benzene rings is 2. The maximum atomic E-state index is 5.98. The number of hydrogen-bond acceptors (Lipinski definition) is 3. The van der Waals surface area contributed by atoms with Crippen molar-refractivity contribution in [3.8, 4) is 11.5 Å². The molecule has 2 fully saturated rings. The molecular weight excluding hydrogens is 360 g/mol. The monoisotopic (exact) mass is 390 g/mol. The number of allylic oxidation sites excluding steroid dienone is 2. The van der Waals surface area contributed by atoms with Crippen molar-refractivity contribution in [2.45, 2.75) is 51.0 Å². The van der Waals surface area contributed by atoms with E-state index >= 15 is 0 Å². The van der Waals surface area contributed by atoms with Crippen LogP contribution >= 0.6 is 0 Å². The second-order valence-electron chi connectivity index (χ2n) is 8.77. The van der Waals surface area contributed by atoms with E-state index in [1.54, 1.807) is 0 Å². The second kappa shape index (κ2) is 8.23. The van der Waals surface area contributed by atoms with E-state index in [0.717, 1.165) is 43.5 Å². The van der Waals surface area contributed by atoms with Crippen molar-refractivity contribution in [1.29, 1.82) is 0 Å². The summed E-state index contributed by atoms with van der Waals surface area (Å²) in [6, 6.07) is 15.3. The van der Waals surface area contributed by atoms with Gasteiger partial charge in [0, 0.05) is 0 Å². The summed E-state index contributed by atoms with van der Waals surface area (Å²) >= 11 is 0. The van der Waals surface area contributed by atoms with Crippen LogP contribution < -0.4 is 9.47 Å². The fourth-order valence-corrected chi connectivity index (χ4v) is 4.09. The number of epoxide rings is 1. The van der Waals surface area contributed by atoms with Crippen molar-refractivity contribution in [3.05, 3.63) is 65.2 Å². The van der Waals surface area contributed by atoms with Gasteiger partial charge in [-0.1, -0.05) is 24.3 Å². The van der Waals surface area contributed by atoms with Crippen LogP contribution in [0.2, 0.25) is 0 Å². The Labute approximate surface area is 173 Å². The van der Waals surface area contributed by atoms with Crippen molar-refractivity contribution >= 4 is 5.57 Å². The van der Waals surface area contributed by atoms with Gasteiger partial charge in [0.05, 0.1) is 13.2 Å². The quantitative estimate of drug-likeness (QED) is 0.525. The van der Waals surface area contributed by atoms with E-state index in [-0.39, 0.29) is 0 Å². The van der Waals surface area contributed by atoms with E-state index in [1.807, 2.05) is 0 Å². The van der Waals surface area contributed by atoms with E-state index in [1.165, 1.54) is 41.5 Å². The molecule has 1 heterocycles. The highest BCUT2D eigenvalue weighted by molar-refractivity contribution is 5.68. The Bertz CT molecular complexity index is 875. The van der Waals surface area contributed by atoms with Gasteiger partial charge in [-0.3, -0.25) is 0 Å². The lowest BCUT2D eigenvalue weighted by atomic mass is 9.82. The highest BCUT2D eigenvalue weighted by Crippen LogP contribution is 2.37. The Morgan fingerprint density at radius 3 is 2.45 bits per heavy atom. The van der Waals surface area contributed by atoms with Crippen LogP contribution in [0.4, 0.5) is 0 Å². The van der Waals surface area contributed by atoms with E-state index in [0.29, 0.717) is 18.6 Å². The van der Waals surface area contributed by atoms with Crippen LogP contribution in [0.1, 0.15) is 54.7 Å². The lowest BCUT2D eigenvalue weighted by Crippen LogP contribution is -2.06. The molecule has 3 nitrogen and oxygen atoms in total. The Kier molecular flexibility index (Phi) is 5.32. The smallest absolute Gasteiger partial charge is 0.122 e. The van der Waals surface area contributed by atoms with Gasteiger partial charge in [-0.15, -0.1) is 0 Å². The van der Waals surface area contributed by atoms with E-state index < -0.39 is 0 Å². The van der Waals surface area contributed by atoms with Crippen molar-refractivity contribution in [3.63, 3.8) is 0 Å². The van der Waals surface area contributed by atoms with Gasteiger partial charge in [0.25, 0.3) is 0 Å². The average molecular weight is 391 g/mol. The summed E-state index contributed by atoms with van der Waals surface area (Å²) in [6.07, 6.45) is 8.82. The summed E-state index contributed by atoms with van der Waals surface area (Å²) < 4.78 is 16.9. The fourth-order valence-electron chi connectivity index (χ4n) is 4.09. The predicted octanol–water partition coefficient (Wildman–Crippen LogP) is 5.91. The zero-order valence-corrected chi connectivity index (χ0v) is 17.2. The molecule has 2 aromatic carbocycles. The van der Waals surface area contributed by atoms with E-state index in [2.05, 4.69) is 55.5 Å². The van der Waals surface area contributed by atoms with Crippen LogP contribution in [0.15, 0.2) is 48.5 Å². The summed E-state index contributed by atoms with van der Waals surface area (Å²) in [4.78, 5) is 0. The molecule has 5 rings (SSSR count). The molecular formula is C26H30O3. The third-order valence-electron chi connectivity index (χ3n) is 6.32. The molecule has 1 aliphatic heterocycles. The molecule has 0 amide bonds. The summed E-state index contributed by atoms with van der Waals surface area (Å²) in [5.74, 6) is 3.38. The lowest BCUT2D eigenvalue weighted by Gasteiger charge is -2.23. The van der Waals surface area contributed by atoms with Gasteiger partial charge in [-0.25, -0.2) is 0 Å². The maximum Gasteiger partial charge on any atom is 0.122 e. The molecule has 0 N–H and O–H groups in total. The van der Waals surface area contributed by atoms with Gasteiger partial charge in [-0.05, 0) is 97.4 Å². The van der Waals surface area contributed by atoms with Gasteiger partial charge in [0.1, 0.15) is 24.2 Å². The average Bonchev–Trinajstić information content (AvgIpc) is 3.67. The molecule has 0 aromatic heterocycles. The normalized spacial score (nSPS) is 23.4. The van der Waals surface area contributed by atoms with Gasteiger partial charge >= 0.3 is 0 Å². The van der Waals surface area contributed by atoms with Crippen LogP contribution in [0, 0.1) is 12.8 Å². The number of hydrogen-bond donors (Lipinski definition) is 0. The van der Waals surface area contributed by atoms with Crippen LogP contribution in [-0.4, -0.2) is 25.9 Å². The molecule has 2 aromatic rings. The standard InChI is InChI=1S/C26H30O3/c1-18-14-23(10-13-26(18)29-15-19-2-3-19)22-6-4-20(5-7-22)21-8-11-24(12-9-21)27-16-25-17-28-25/h6,8-14,19-20,25H,2-5,7,15-17H2,1H3. The van der Waals surface area contributed by atoms with Crippen LogP contribution in [-0.2, 0) is 4.74 Å². The Morgan fingerprint density at radius 1 is 0.966 bits per heavy atom. The molecule has 0 bridgehead atoms. The minimum absolute atomic E-state index is 0.305. The van der Waals surface area contributed by atoms with E-state index in [4.69, 9.17) is 14.2 Å². The van der Waals surface area contributed by atoms with Crippen LogP contribution in [0.3, 0.4) is 0 Å². The van der Waals surface area contributed by atoms with Gasteiger partial charge in [0.2, 0.25) is 0 Å². The van der Waals surface area contributed by atoms with Crippen LogP contribution in [0.25, 0.3) is 5.57 Å². The van der Waals surface area contributed by atoms with Crippen LogP contribution in [0.5, 0.6) is 11.5 Å². The Balaban J connectivity index is 1.19. The summed E-state index contributed by atoms with van der Waals surface area (Å²) in [5, 5.41) is 0. The lowest BCUT2D eigenvalue weighted by molar-refractivity contribution is 0.263. The van der Waals surface area contributed by atoms with E-state index in [9.17, 15) is 0 Å². The molecule has 3 heteroatoms. The fraction of sp³-hybridized carbons (Fsp3) is 0.462. The zero-order valence-electron chi connectivity index (χ0n) is 17.2. The highest BCUT2D eigenvalue weighted by Gasteiger charge is 2.24. The SMILES string of the molecule is Cc1cc(C2=CCC(c3ccc(OCC4CO4)cc3)CC2)ccc1OCC1CC1. The second-order valence-corrected chi connectivity index (χ2v) is 8.77.